The first-order valence-corrected chi connectivity index (χ1v) is 6.28. The first-order valence-electron chi connectivity index (χ1n) is 6.28. The second-order valence-corrected chi connectivity index (χ2v) is 4.37. The number of aliphatic hydroxyl groups is 1. The van der Waals surface area contributed by atoms with Gasteiger partial charge in [-0.3, -0.25) is 4.79 Å². The molecule has 0 bridgehead atoms. The first kappa shape index (κ1) is 14.5. The van der Waals surface area contributed by atoms with Crippen LogP contribution >= 0.6 is 0 Å². The summed E-state index contributed by atoms with van der Waals surface area (Å²) in [5.74, 6) is 0.545. The number of nitrogens with two attached hydrogens (primary N) is 1. The van der Waals surface area contributed by atoms with Crippen LogP contribution in [0.25, 0.3) is 0 Å². The number of primary amides is 1. The number of benzene rings is 1. The van der Waals surface area contributed by atoms with Crippen molar-refractivity contribution in [3.05, 3.63) is 29.8 Å². The van der Waals surface area contributed by atoms with Crippen LogP contribution in [0, 0.1) is 5.92 Å². The highest BCUT2D eigenvalue weighted by Crippen LogP contribution is 2.19. The van der Waals surface area contributed by atoms with E-state index in [-0.39, 0.29) is 0 Å². The highest BCUT2D eigenvalue weighted by Gasteiger charge is 2.13. The van der Waals surface area contributed by atoms with E-state index in [9.17, 15) is 9.90 Å². The summed E-state index contributed by atoms with van der Waals surface area (Å²) in [6.45, 7) is 4.97. The molecule has 0 fully saturated rings. The van der Waals surface area contributed by atoms with Crippen molar-refractivity contribution in [1.82, 2.24) is 0 Å². The fourth-order valence-corrected chi connectivity index (χ4v) is 1.65. The summed E-state index contributed by atoms with van der Waals surface area (Å²) in [6.07, 6.45) is 0.933. The lowest BCUT2D eigenvalue weighted by Crippen LogP contribution is -2.20. The number of ether oxygens (including phenoxy) is 1. The Morgan fingerprint density at radius 1 is 1.28 bits per heavy atom. The van der Waals surface area contributed by atoms with Gasteiger partial charge in [-0.1, -0.05) is 38.8 Å². The van der Waals surface area contributed by atoms with Gasteiger partial charge in [0.05, 0.1) is 6.61 Å². The second-order valence-electron chi connectivity index (χ2n) is 4.37. The van der Waals surface area contributed by atoms with Gasteiger partial charge in [0.15, 0.2) is 6.10 Å². The molecule has 0 spiro atoms. The van der Waals surface area contributed by atoms with Gasteiger partial charge in [0.25, 0.3) is 5.91 Å². The summed E-state index contributed by atoms with van der Waals surface area (Å²) in [7, 11) is 0. The van der Waals surface area contributed by atoms with Gasteiger partial charge in [-0.25, -0.2) is 0 Å². The van der Waals surface area contributed by atoms with Crippen LogP contribution in [0.3, 0.4) is 0 Å². The fourth-order valence-electron chi connectivity index (χ4n) is 1.65. The van der Waals surface area contributed by atoms with Gasteiger partial charge in [-0.15, -0.1) is 0 Å². The molecule has 0 radical (unpaired) electrons. The number of amides is 1. The van der Waals surface area contributed by atoms with Gasteiger partial charge >= 0.3 is 0 Å². The minimum atomic E-state index is -1.25. The second kappa shape index (κ2) is 7.01. The van der Waals surface area contributed by atoms with E-state index in [0.29, 0.717) is 18.1 Å². The van der Waals surface area contributed by atoms with Crippen molar-refractivity contribution in [3.63, 3.8) is 0 Å². The van der Waals surface area contributed by atoms with E-state index in [1.54, 1.807) is 24.3 Å². The molecule has 0 saturated carbocycles. The molecule has 0 aliphatic carbocycles. The molecular weight excluding hydrogens is 230 g/mol. The Morgan fingerprint density at radius 3 is 2.28 bits per heavy atom. The number of aliphatic hydroxyl groups excluding tert-OH is 1. The van der Waals surface area contributed by atoms with Crippen LogP contribution in [0.5, 0.6) is 5.75 Å². The number of carbonyl (C=O) groups is 1. The molecule has 1 atom stereocenters. The summed E-state index contributed by atoms with van der Waals surface area (Å²) in [6, 6.07) is 6.78. The lowest BCUT2D eigenvalue weighted by atomic mass is 10.1. The predicted molar refractivity (Wildman–Crippen MR) is 70.2 cm³/mol. The SMILES string of the molecule is CCC(CC)COc1ccc([C@@H](O)C(N)=O)cc1. The molecule has 0 aromatic heterocycles. The third kappa shape index (κ3) is 4.04. The van der Waals surface area contributed by atoms with E-state index in [2.05, 4.69) is 13.8 Å². The molecule has 0 unspecified atom stereocenters. The van der Waals surface area contributed by atoms with Crippen LogP contribution in [0.2, 0.25) is 0 Å². The maximum absolute atomic E-state index is 10.8. The zero-order valence-electron chi connectivity index (χ0n) is 10.9. The molecule has 0 saturated heterocycles. The molecule has 100 valence electrons. The molecule has 0 aliphatic heterocycles. The van der Waals surface area contributed by atoms with Gasteiger partial charge in [-0.05, 0) is 23.6 Å². The maximum Gasteiger partial charge on any atom is 0.250 e. The highest BCUT2D eigenvalue weighted by molar-refractivity contribution is 5.80. The molecular formula is C14H21NO3. The third-order valence-corrected chi connectivity index (χ3v) is 3.11. The van der Waals surface area contributed by atoms with Crippen molar-refractivity contribution >= 4 is 5.91 Å². The minimum Gasteiger partial charge on any atom is -0.493 e. The van der Waals surface area contributed by atoms with Gasteiger partial charge in [0.1, 0.15) is 5.75 Å². The quantitative estimate of drug-likeness (QED) is 0.778. The Labute approximate surface area is 108 Å². The Morgan fingerprint density at radius 2 is 1.83 bits per heavy atom. The topological polar surface area (TPSA) is 72.6 Å². The molecule has 1 amide bonds. The molecule has 4 nitrogen and oxygen atoms in total. The van der Waals surface area contributed by atoms with Crippen molar-refractivity contribution in [3.8, 4) is 5.75 Å². The summed E-state index contributed by atoms with van der Waals surface area (Å²) in [5.41, 5.74) is 5.50. The van der Waals surface area contributed by atoms with Crippen LogP contribution in [0.1, 0.15) is 38.4 Å². The molecule has 1 aromatic rings. The number of hydrogen-bond acceptors (Lipinski definition) is 3. The van der Waals surface area contributed by atoms with Crippen LogP contribution in [-0.2, 0) is 4.79 Å². The maximum atomic E-state index is 10.8. The summed E-state index contributed by atoms with van der Waals surface area (Å²) in [5, 5.41) is 9.47. The van der Waals surface area contributed by atoms with Crippen LogP contribution in [0.15, 0.2) is 24.3 Å². The van der Waals surface area contributed by atoms with Crippen LogP contribution in [0.4, 0.5) is 0 Å². The molecule has 18 heavy (non-hydrogen) atoms. The van der Waals surface area contributed by atoms with Gasteiger partial charge in [-0.2, -0.15) is 0 Å². The summed E-state index contributed by atoms with van der Waals surface area (Å²) < 4.78 is 5.65. The fraction of sp³-hybridized carbons (Fsp3) is 0.500. The number of hydrogen-bond donors (Lipinski definition) is 2. The molecule has 0 heterocycles. The van der Waals surface area contributed by atoms with Gasteiger partial charge < -0.3 is 15.6 Å². The lowest BCUT2D eigenvalue weighted by molar-refractivity contribution is -0.126. The van der Waals surface area contributed by atoms with Crippen molar-refractivity contribution in [2.45, 2.75) is 32.8 Å². The van der Waals surface area contributed by atoms with Crippen LogP contribution < -0.4 is 10.5 Å². The monoisotopic (exact) mass is 251 g/mol. The van der Waals surface area contributed by atoms with Crippen LogP contribution in [-0.4, -0.2) is 17.6 Å². The standard InChI is InChI=1S/C14H21NO3/c1-3-10(4-2)9-18-12-7-5-11(6-8-12)13(16)14(15)17/h5-8,10,13,16H,3-4,9H2,1-2H3,(H2,15,17)/t13-/m1/s1. The first-order chi connectivity index (χ1) is 8.58. The Balaban J connectivity index is 2.58. The highest BCUT2D eigenvalue weighted by atomic mass is 16.5. The average molecular weight is 251 g/mol. The van der Waals surface area contributed by atoms with Gasteiger partial charge in [0.2, 0.25) is 0 Å². The summed E-state index contributed by atoms with van der Waals surface area (Å²) >= 11 is 0. The summed E-state index contributed by atoms with van der Waals surface area (Å²) in [4.78, 5) is 10.8. The van der Waals surface area contributed by atoms with Gasteiger partial charge in [0, 0.05) is 0 Å². The lowest BCUT2D eigenvalue weighted by Gasteiger charge is -2.14. The van der Waals surface area contributed by atoms with Crippen molar-refractivity contribution in [2.24, 2.45) is 11.7 Å². The average Bonchev–Trinajstić information content (AvgIpc) is 2.39. The smallest absolute Gasteiger partial charge is 0.250 e. The van der Waals surface area contributed by atoms with Crippen molar-refractivity contribution in [1.29, 1.82) is 0 Å². The van der Waals surface area contributed by atoms with Crippen molar-refractivity contribution < 1.29 is 14.6 Å². The number of rotatable bonds is 7. The Hall–Kier alpha value is -1.55. The molecule has 0 aliphatic rings. The van der Waals surface area contributed by atoms with E-state index < -0.39 is 12.0 Å². The Bertz CT molecular complexity index is 371. The predicted octanol–water partition coefficient (Wildman–Crippen LogP) is 2.02. The van der Waals surface area contributed by atoms with E-state index in [1.807, 2.05) is 0 Å². The molecule has 4 heteroatoms. The zero-order chi connectivity index (χ0) is 13.5. The molecule has 3 N–H and O–H groups in total. The largest absolute Gasteiger partial charge is 0.493 e. The zero-order valence-corrected chi connectivity index (χ0v) is 10.9. The number of carbonyl (C=O) groups excluding carboxylic acids is 1. The van der Waals surface area contributed by atoms with E-state index in [1.165, 1.54) is 0 Å². The Kier molecular flexibility index (Phi) is 5.65. The van der Waals surface area contributed by atoms with E-state index >= 15 is 0 Å². The van der Waals surface area contributed by atoms with E-state index in [0.717, 1.165) is 18.6 Å². The van der Waals surface area contributed by atoms with E-state index in [4.69, 9.17) is 10.5 Å². The minimum absolute atomic E-state index is 0.484. The van der Waals surface area contributed by atoms with Crippen molar-refractivity contribution in [2.75, 3.05) is 6.61 Å². The molecule has 1 aromatic carbocycles. The third-order valence-electron chi connectivity index (χ3n) is 3.11. The molecule has 1 rings (SSSR count). The normalized spacial score (nSPS) is 12.4.